The van der Waals surface area contributed by atoms with Crippen molar-refractivity contribution < 1.29 is 31.3 Å². The van der Waals surface area contributed by atoms with Crippen molar-refractivity contribution in [3.8, 4) is 0 Å². The van der Waals surface area contributed by atoms with Crippen molar-refractivity contribution in [3.63, 3.8) is 0 Å². The fraction of sp³-hybridized carbons (Fsp3) is 0.710. The fourth-order valence-electron chi connectivity index (χ4n) is 4.75. The van der Waals surface area contributed by atoms with E-state index in [1.165, 1.54) is 0 Å². The second kappa shape index (κ2) is 21.6. The van der Waals surface area contributed by atoms with Gasteiger partial charge in [0.1, 0.15) is 6.54 Å². The van der Waals surface area contributed by atoms with E-state index in [0.717, 1.165) is 102 Å². The molecule has 0 bridgehead atoms. The lowest BCUT2D eigenvalue weighted by atomic mass is 10.0. The molecule has 36 heavy (non-hydrogen) atoms. The summed E-state index contributed by atoms with van der Waals surface area (Å²) >= 11 is 0. The maximum Gasteiger partial charge on any atom is 0.328 e. The van der Waals surface area contributed by atoms with E-state index in [1.54, 1.807) is 0 Å². The van der Waals surface area contributed by atoms with Crippen molar-refractivity contribution in [1.29, 1.82) is 0 Å². The number of nitrogens with zero attached hydrogens (tertiary/aromatic N) is 1. The van der Waals surface area contributed by atoms with Crippen LogP contribution in [0, 0.1) is 0 Å². The van der Waals surface area contributed by atoms with Gasteiger partial charge < -0.3 is 12.4 Å². The summed E-state index contributed by atoms with van der Waals surface area (Å²) in [4.78, 5) is 41.4. The minimum Gasteiger partial charge on any atom is -1.00 e. The van der Waals surface area contributed by atoms with Gasteiger partial charge in [-0.25, -0.2) is 14.4 Å². The molecule has 0 aliphatic carbocycles. The van der Waals surface area contributed by atoms with Gasteiger partial charge in [0.15, 0.2) is 0 Å². The summed E-state index contributed by atoms with van der Waals surface area (Å²) in [5.74, 6) is -0.576. The minimum atomic E-state index is -0.612. The molecule has 0 radical (unpaired) electrons. The number of carbonyl (C=O) groups excluding carboxylic acids is 3. The summed E-state index contributed by atoms with van der Waals surface area (Å²) in [7, 11) is 0. The number of hydrogen-bond acceptors (Lipinski definition) is 3. The van der Waals surface area contributed by atoms with E-state index in [0.29, 0.717) is 19.3 Å². The normalized spacial score (nSPS) is 11.2. The average molecular weight is 522 g/mol. The van der Waals surface area contributed by atoms with Crippen LogP contribution in [-0.2, 0) is 20.9 Å². The molecule has 1 aromatic rings. The molecule has 0 aromatic heterocycles. The molecule has 4 nitrogen and oxygen atoms in total. The molecule has 0 spiro atoms. The van der Waals surface area contributed by atoms with Gasteiger partial charge in [0.05, 0.1) is 19.3 Å². The molecule has 0 unspecified atom stereocenters. The summed E-state index contributed by atoms with van der Waals surface area (Å²) in [5, 5.41) is 0. The minimum absolute atomic E-state index is 0. The first-order chi connectivity index (χ1) is 17.0. The van der Waals surface area contributed by atoms with Crippen LogP contribution in [0.4, 0.5) is 0 Å². The van der Waals surface area contributed by atoms with Gasteiger partial charge in [0.2, 0.25) is 0 Å². The molecule has 5 heteroatoms. The second-order valence-corrected chi connectivity index (χ2v) is 10.1. The standard InChI is InChI=1S/C31H52NO3.ClH/c1-4-7-10-13-19-24-29(33)32(27-28-22-17-16-18-23-28,30(34)25-20-14-11-8-5-2)31(35)26-21-15-12-9-6-3;/h16-18,22-23H,4-15,19-21,24-27H2,1-3H3;1H/q+1;/p-1. The van der Waals surface area contributed by atoms with Gasteiger partial charge >= 0.3 is 17.7 Å². The molecule has 0 aliphatic heterocycles. The largest absolute Gasteiger partial charge is 1.00 e. The zero-order chi connectivity index (χ0) is 25.8. The number of benzene rings is 1. The first kappa shape index (κ1) is 34.5. The van der Waals surface area contributed by atoms with Crippen molar-refractivity contribution in [2.45, 2.75) is 143 Å². The van der Waals surface area contributed by atoms with Gasteiger partial charge in [-0.1, -0.05) is 128 Å². The van der Waals surface area contributed by atoms with Crippen LogP contribution in [0.3, 0.4) is 0 Å². The lowest BCUT2D eigenvalue weighted by molar-refractivity contribution is -0.718. The number of quaternary nitrogens is 1. The summed E-state index contributed by atoms with van der Waals surface area (Å²) in [5.41, 5.74) is 0.880. The van der Waals surface area contributed by atoms with Gasteiger partial charge in [-0.2, -0.15) is 0 Å². The summed E-state index contributed by atoms with van der Waals surface area (Å²) in [6, 6.07) is 9.64. The van der Waals surface area contributed by atoms with Gasteiger partial charge in [0.25, 0.3) is 0 Å². The van der Waals surface area contributed by atoms with E-state index in [4.69, 9.17) is 0 Å². The Balaban J connectivity index is 0.0000122. The Hall–Kier alpha value is -1.52. The Morgan fingerprint density at radius 3 is 1.19 bits per heavy atom. The van der Waals surface area contributed by atoms with E-state index >= 15 is 0 Å². The summed E-state index contributed by atoms with van der Waals surface area (Å²) in [6.45, 7) is 6.68. The summed E-state index contributed by atoms with van der Waals surface area (Å²) in [6.07, 6.45) is 16.3. The molecule has 0 saturated carbocycles. The first-order valence-corrected chi connectivity index (χ1v) is 14.5. The van der Waals surface area contributed by atoms with Gasteiger partial charge in [0, 0.05) is 5.56 Å². The maximum atomic E-state index is 13.8. The first-order valence-electron chi connectivity index (χ1n) is 14.5. The fourth-order valence-corrected chi connectivity index (χ4v) is 4.75. The smallest absolute Gasteiger partial charge is 0.328 e. The SMILES string of the molecule is CCCCCCCC(=O)[N+](Cc1ccccc1)(C(=O)CCCCCCC)C(=O)CCCCCCC.[Cl-]. The number of hydrogen-bond donors (Lipinski definition) is 0. The highest BCUT2D eigenvalue weighted by molar-refractivity contribution is 5.97. The van der Waals surface area contributed by atoms with Crippen LogP contribution in [0.25, 0.3) is 0 Å². The van der Waals surface area contributed by atoms with Crippen LogP contribution < -0.4 is 12.4 Å². The molecule has 0 atom stereocenters. The Morgan fingerprint density at radius 2 is 0.861 bits per heavy atom. The summed E-state index contributed by atoms with van der Waals surface area (Å²) < 4.78 is -0.612. The molecule has 206 valence electrons. The monoisotopic (exact) mass is 521 g/mol. The Labute approximate surface area is 227 Å². The van der Waals surface area contributed by atoms with E-state index in [-0.39, 0.29) is 36.7 Å². The van der Waals surface area contributed by atoms with E-state index in [2.05, 4.69) is 20.8 Å². The van der Waals surface area contributed by atoms with Gasteiger partial charge in [-0.15, -0.1) is 4.48 Å². The van der Waals surface area contributed by atoms with Gasteiger partial charge in [-0.05, 0) is 19.3 Å². The van der Waals surface area contributed by atoms with Crippen molar-refractivity contribution in [2.24, 2.45) is 0 Å². The molecule has 1 rings (SSSR count). The highest BCUT2D eigenvalue weighted by atomic mass is 35.5. The van der Waals surface area contributed by atoms with Crippen LogP contribution in [0.5, 0.6) is 0 Å². The number of halogens is 1. The van der Waals surface area contributed by atoms with E-state index in [1.807, 2.05) is 30.3 Å². The third-order valence-corrected chi connectivity index (χ3v) is 7.02. The second-order valence-electron chi connectivity index (χ2n) is 10.1. The van der Waals surface area contributed by atoms with Crippen LogP contribution in [0.2, 0.25) is 0 Å². The topological polar surface area (TPSA) is 51.2 Å². The molecular weight excluding hydrogens is 470 g/mol. The van der Waals surface area contributed by atoms with E-state index < -0.39 is 4.48 Å². The van der Waals surface area contributed by atoms with Crippen LogP contribution in [0.1, 0.15) is 142 Å². The Morgan fingerprint density at radius 1 is 0.528 bits per heavy atom. The molecule has 0 saturated heterocycles. The van der Waals surface area contributed by atoms with Crippen LogP contribution in [0.15, 0.2) is 30.3 Å². The van der Waals surface area contributed by atoms with Crippen molar-refractivity contribution >= 4 is 17.7 Å². The number of imide groups is 3. The molecular formula is C31H52ClNO3. The number of carbonyl (C=O) groups is 3. The number of amides is 3. The number of unbranched alkanes of at least 4 members (excludes halogenated alkanes) is 12. The molecule has 3 amide bonds. The predicted molar refractivity (Wildman–Crippen MR) is 146 cm³/mol. The van der Waals surface area contributed by atoms with Crippen LogP contribution in [-0.4, -0.2) is 22.2 Å². The lowest BCUT2D eigenvalue weighted by Crippen LogP contribution is -3.00. The molecule has 0 N–H and O–H groups in total. The van der Waals surface area contributed by atoms with Crippen molar-refractivity contribution in [3.05, 3.63) is 35.9 Å². The third-order valence-electron chi connectivity index (χ3n) is 7.02. The van der Waals surface area contributed by atoms with Crippen LogP contribution >= 0.6 is 0 Å². The molecule has 0 heterocycles. The lowest BCUT2D eigenvalue weighted by Gasteiger charge is -2.31. The quantitative estimate of drug-likeness (QED) is 0.164. The maximum absolute atomic E-state index is 13.8. The average Bonchev–Trinajstić information content (AvgIpc) is 2.87. The highest BCUT2D eigenvalue weighted by Gasteiger charge is 2.49. The molecule has 0 fully saturated rings. The predicted octanol–water partition coefficient (Wildman–Crippen LogP) is 5.67. The Bertz CT molecular complexity index is 655. The molecule has 0 aliphatic rings. The number of rotatable bonds is 20. The highest BCUT2D eigenvalue weighted by Crippen LogP contribution is 2.26. The van der Waals surface area contributed by atoms with E-state index in [9.17, 15) is 14.4 Å². The zero-order valence-electron chi connectivity index (χ0n) is 23.4. The van der Waals surface area contributed by atoms with Crippen molar-refractivity contribution in [1.82, 2.24) is 0 Å². The Kier molecular flexibility index (Phi) is 20.6. The van der Waals surface area contributed by atoms with Crippen molar-refractivity contribution in [2.75, 3.05) is 0 Å². The zero-order valence-corrected chi connectivity index (χ0v) is 24.1. The third kappa shape index (κ3) is 12.6. The van der Waals surface area contributed by atoms with Gasteiger partial charge in [-0.3, -0.25) is 0 Å². The molecule has 1 aromatic carbocycles.